The fraction of sp³-hybridized carbons (Fsp3) is 0.250. The lowest BCUT2D eigenvalue weighted by Gasteiger charge is -2.08. The number of fused-ring (bicyclic) bond motifs is 1. The van der Waals surface area contributed by atoms with Gasteiger partial charge in [-0.1, -0.05) is 6.07 Å². The number of aromatic nitrogens is 1. The molecule has 0 atom stereocenters. The largest absolute Gasteiger partial charge is 0.459 e. The smallest absolute Gasteiger partial charge is 0.339 e. The van der Waals surface area contributed by atoms with Crippen LogP contribution in [0.5, 0.6) is 0 Å². The number of rotatable bonds is 2. The number of aromatic amines is 1. The molecule has 0 aliphatic rings. The van der Waals surface area contributed by atoms with Crippen LogP contribution in [0.3, 0.4) is 0 Å². The first kappa shape index (κ1) is 9.77. The highest BCUT2D eigenvalue weighted by Crippen LogP contribution is 2.18. The molecule has 1 aromatic carbocycles. The van der Waals surface area contributed by atoms with Gasteiger partial charge in [-0.15, -0.1) is 0 Å². The zero-order valence-electron chi connectivity index (χ0n) is 8.78. The third kappa shape index (κ3) is 1.86. The van der Waals surface area contributed by atoms with Crippen molar-refractivity contribution in [3.63, 3.8) is 0 Å². The predicted octanol–water partition coefficient (Wildman–Crippen LogP) is 2.73. The van der Waals surface area contributed by atoms with Gasteiger partial charge in [0.15, 0.2) is 0 Å². The van der Waals surface area contributed by atoms with Crippen LogP contribution in [0.25, 0.3) is 10.9 Å². The molecule has 15 heavy (non-hydrogen) atoms. The Kier molecular flexibility index (Phi) is 2.46. The molecule has 0 saturated carbocycles. The molecule has 0 saturated heterocycles. The van der Waals surface area contributed by atoms with E-state index in [9.17, 15) is 4.79 Å². The number of ether oxygens (including phenoxy) is 1. The molecule has 0 spiro atoms. The SMILES string of the molecule is CC(C)OC(=O)c1cccc2[nH]ccc12. The van der Waals surface area contributed by atoms with Crippen molar-refractivity contribution in [3.8, 4) is 0 Å². The van der Waals surface area contributed by atoms with E-state index in [2.05, 4.69) is 4.98 Å². The summed E-state index contributed by atoms with van der Waals surface area (Å²) in [5.41, 5.74) is 1.57. The predicted molar refractivity (Wildman–Crippen MR) is 58.9 cm³/mol. The molecule has 78 valence electrons. The number of hydrogen-bond donors (Lipinski definition) is 1. The first-order valence-corrected chi connectivity index (χ1v) is 4.95. The molecule has 0 unspecified atom stereocenters. The van der Waals surface area contributed by atoms with Gasteiger partial charge in [-0.3, -0.25) is 0 Å². The van der Waals surface area contributed by atoms with Crippen molar-refractivity contribution in [1.29, 1.82) is 0 Å². The first-order chi connectivity index (χ1) is 7.18. The number of carbonyl (C=O) groups is 1. The van der Waals surface area contributed by atoms with Gasteiger partial charge in [0, 0.05) is 17.1 Å². The summed E-state index contributed by atoms with van der Waals surface area (Å²) in [6, 6.07) is 7.43. The van der Waals surface area contributed by atoms with Crippen molar-refractivity contribution in [2.75, 3.05) is 0 Å². The van der Waals surface area contributed by atoms with Gasteiger partial charge in [-0.05, 0) is 32.0 Å². The van der Waals surface area contributed by atoms with Gasteiger partial charge in [-0.2, -0.15) is 0 Å². The van der Waals surface area contributed by atoms with E-state index in [0.29, 0.717) is 5.56 Å². The normalized spacial score (nSPS) is 10.9. The molecule has 0 amide bonds. The summed E-state index contributed by atoms with van der Waals surface area (Å²) in [5, 5.41) is 0.906. The topological polar surface area (TPSA) is 42.1 Å². The Morgan fingerprint density at radius 3 is 2.87 bits per heavy atom. The van der Waals surface area contributed by atoms with Crippen LogP contribution in [-0.4, -0.2) is 17.1 Å². The van der Waals surface area contributed by atoms with Crippen LogP contribution in [0.15, 0.2) is 30.5 Å². The van der Waals surface area contributed by atoms with Crippen molar-refractivity contribution in [2.24, 2.45) is 0 Å². The van der Waals surface area contributed by atoms with Crippen molar-refractivity contribution in [1.82, 2.24) is 4.98 Å². The lowest BCUT2D eigenvalue weighted by Crippen LogP contribution is -2.11. The van der Waals surface area contributed by atoms with Crippen LogP contribution in [-0.2, 0) is 4.74 Å². The Hall–Kier alpha value is -1.77. The van der Waals surface area contributed by atoms with Crippen LogP contribution in [0, 0.1) is 0 Å². The minimum absolute atomic E-state index is 0.0910. The molecule has 1 aromatic heterocycles. The number of benzene rings is 1. The Bertz CT molecular complexity index is 485. The molecule has 1 N–H and O–H groups in total. The highest BCUT2D eigenvalue weighted by atomic mass is 16.5. The van der Waals surface area contributed by atoms with E-state index >= 15 is 0 Å². The van der Waals surface area contributed by atoms with Crippen LogP contribution in [0.4, 0.5) is 0 Å². The Morgan fingerprint density at radius 2 is 2.13 bits per heavy atom. The zero-order chi connectivity index (χ0) is 10.8. The van der Waals surface area contributed by atoms with Crippen molar-refractivity contribution in [3.05, 3.63) is 36.0 Å². The number of hydrogen-bond acceptors (Lipinski definition) is 2. The summed E-state index contributed by atoms with van der Waals surface area (Å²) < 4.78 is 5.16. The second-order valence-electron chi connectivity index (χ2n) is 3.70. The van der Waals surface area contributed by atoms with E-state index in [1.54, 1.807) is 6.07 Å². The monoisotopic (exact) mass is 203 g/mol. The van der Waals surface area contributed by atoms with Gasteiger partial charge in [0.2, 0.25) is 0 Å². The fourth-order valence-corrected chi connectivity index (χ4v) is 1.54. The van der Waals surface area contributed by atoms with Gasteiger partial charge >= 0.3 is 5.97 Å². The maximum absolute atomic E-state index is 11.7. The van der Waals surface area contributed by atoms with Crippen molar-refractivity contribution in [2.45, 2.75) is 20.0 Å². The summed E-state index contributed by atoms with van der Waals surface area (Å²) in [6.07, 6.45) is 1.73. The Balaban J connectivity index is 2.42. The second kappa shape index (κ2) is 3.77. The van der Waals surface area contributed by atoms with Crippen LogP contribution in [0.1, 0.15) is 24.2 Å². The first-order valence-electron chi connectivity index (χ1n) is 4.95. The van der Waals surface area contributed by atoms with Gasteiger partial charge in [0.05, 0.1) is 11.7 Å². The average molecular weight is 203 g/mol. The molecular formula is C12H13NO2. The van der Waals surface area contributed by atoms with E-state index in [0.717, 1.165) is 10.9 Å². The molecule has 0 radical (unpaired) electrons. The third-order valence-corrected chi connectivity index (χ3v) is 2.16. The molecule has 3 heteroatoms. The maximum Gasteiger partial charge on any atom is 0.339 e. The number of carbonyl (C=O) groups excluding carboxylic acids is 1. The average Bonchev–Trinajstić information content (AvgIpc) is 2.63. The van der Waals surface area contributed by atoms with Gasteiger partial charge in [-0.25, -0.2) is 4.79 Å². The quantitative estimate of drug-likeness (QED) is 0.762. The molecule has 2 aromatic rings. The summed E-state index contributed by atoms with van der Waals surface area (Å²) in [7, 11) is 0. The summed E-state index contributed by atoms with van der Waals surface area (Å²) in [5.74, 6) is -0.268. The third-order valence-electron chi connectivity index (χ3n) is 2.16. The van der Waals surface area contributed by atoms with Gasteiger partial charge < -0.3 is 9.72 Å². The maximum atomic E-state index is 11.7. The van der Waals surface area contributed by atoms with E-state index in [1.165, 1.54) is 0 Å². The summed E-state index contributed by atoms with van der Waals surface area (Å²) in [6.45, 7) is 3.68. The number of H-pyrrole nitrogens is 1. The van der Waals surface area contributed by atoms with Crippen molar-refractivity contribution >= 4 is 16.9 Å². The van der Waals surface area contributed by atoms with E-state index in [-0.39, 0.29) is 12.1 Å². The van der Waals surface area contributed by atoms with Crippen LogP contribution >= 0.6 is 0 Å². The molecule has 3 nitrogen and oxygen atoms in total. The lowest BCUT2D eigenvalue weighted by atomic mass is 10.1. The minimum atomic E-state index is -0.268. The Labute approximate surface area is 88.1 Å². The van der Waals surface area contributed by atoms with Gasteiger partial charge in [0.1, 0.15) is 0 Å². The highest BCUT2D eigenvalue weighted by molar-refractivity contribution is 6.03. The summed E-state index contributed by atoms with van der Waals surface area (Å²) in [4.78, 5) is 14.8. The number of nitrogens with one attached hydrogen (secondary N) is 1. The number of esters is 1. The summed E-state index contributed by atoms with van der Waals surface area (Å²) >= 11 is 0. The molecule has 2 rings (SSSR count). The Morgan fingerprint density at radius 1 is 1.33 bits per heavy atom. The molecule has 0 aliphatic carbocycles. The lowest BCUT2D eigenvalue weighted by molar-refractivity contribution is 0.0380. The van der Waals surface area contributed by atoms with E-state index in [4.69, 9.17) is 4.74 Å². The van der Waals surface area contributed by atoms with E-state index in [1.807, 2.05) is 38.2 Å². The van der Waals surface area contributed by atoms with Crippen LogP contribution in [0.2, 0.25) is 0 Å². The molecule has 0 aliphatic heterocycles. The molecule has 1 heterocycles. The molecule has 0 fully saturated rings. The van der Waals surface area contributed by atoms with Crippen molar-refractivity contribution < 1.29 is 9.53 Å². The van der Waals surface area contributed by atoms with E-state index < -0.39 is 0 Å². The van der Waals surface area contributed by atoms with Crippen LogP contribution < -0.4 is 0 Å². The highest BCUT2D eigenvalue weighted by Gasteiger charge is 2.12. The van der Waals surface area contributed by atoms with Gasteiger partial charge in [0.25, 0.3) is 0 Å². The molecule has 0 bridgehead atoms. The fourth-order valence-electron chi connectivity index (χ4n) is 1.54. The molecular weight excluding hydrogens is 190 g/mol. The zero-order valence-corrected chi connectivity index (χ0v) is 8.78. The standard InChI is InChI=1S/C12H13NO2/c1-8(2)15-12(14)10-4-3-5-11-9(10)6-7-13-11/h3-8,13H,1-2H3. The minimum Gasteiger partial charge on any atom is -0.459 e. The second-order valence-corrected chi connectivity index (χ2v) is 3.70.